The Morgan fingerprint density at radius 3 is 0.740 bits per heavy atom. The first-order valence-corrected chi connectivity index (χ1v) is 33.0. The van der Waals surface area contributed by atoms with Crippen LogP contribution in [0.25, 0.3) is 0 Å². The summed E-state index contributed by atoms with van der Waals surface area (Å²) in [4.78, 5) is 0. The van der Waals surface area contributed by atoms with Crippen molar-refractivity contribution in [1.29, 1.82) is 0 Å². The van der Waals surface area contributed by atoms with Crippen LogP contribution < -0.4 is 19.2 Å². The van der Waals surface area contributed by atoms with Gasteiger partial charge < -0.3 is 19.7 Å². The molecule has 0 saturated carbocycles. The SMILES string of the molecule is CCCCCCCCCCCCCCCCCCCCCCCC1Nc2ccccc2N1S(=O)(=O)[O-].CCCCCCCCCCCCCCCCCCCCCCCC1Nc2ccccc2N1S(=O)(=O)[O-].[Ca+2]. The van der Waals surface area contributed by atoms with E-state index in [-0.39, 0.29) is 37.7 Å². The van der Waals surface area contributed by atoms with Crippen molar-refractivity contribution in [3.63, 3.8) is 0 Å². The molecule has 0 saturated heterocycles. The minimum Gasteiger partial charge on any atom is -0.731 e. The molecule has 2 aromatic carbocycles. The fourth-order valence-electron chi connectivity index (χ4n) is 10.9. The summed E-state index contributed by atoms with van der Waals surface area (Å²) in [5.41, 5.74) is 2.40. The van der Waals surface area contributed by atoms with Gasteiger partial charge in [0.15, 0.2) is 20.6 Å². The molecule has 0 aromatic heterocycles. The first-order valence-electron chi connectivity index (χ1n) is 30.3. The molecule has 0 aliphatic carbocycles. The third-order valence-electron chi connectivity index (χ3n) is 15.1. The molecular formula is C60H106CaN4O6S2. The molecule has 2 aromatic rings. The van der Waals surface area contributed by atoms with Crippen LogP contribution in [-0.2, 0) is 20.6 Å². The maximum atomic E-state index is 11.8. The monoisotopic (exact) mass is 1080 g/mol. The Bertz CT molecular complexity index is 1710. The van der Waals surface area contributed by atoms with E-state index in [4.69, 9.17) is 0 Å². The van der Waals surface area contributed by atoms with Gasteiger partial charge in [-0.2, -0.15) is 0 Å². The molecule has 2 aliphatic heterocycles. The van der Waals surface area contributed by atoms with E-state index in [2.05, 4.69) is 24.5 Å². The van der Waals surface area contributed by atoms with Crippen molar-refractivity contribution in [2.24, 2.45) is 0 Å². The number of para-hydroxylation sites is 4. The zero-order chi connectivity index (χ0) is 51.8. The summed E-state index contributed by atoms with van der Waals surface area (Å²) in [6.45, 7) is 4.57. The van der Waals surface area contributed by atoms with Gasteiger partial charge in [-0.15, -0.1) is 0 Å². The van der Waals surface area contributed by atoms with E-state index in [1.807, 2.05) is 24.3 Å². The average Bonchev–Trinajstić information content (AvgIpc) is 3.94. The maximum absolute atomic E-state index is 11.8. The Morgan fingerprint density at radius 1 is 0.342 bits per heavy atom. The summed E-state index contributed by atoms with van der Waals surface area (Å²) < 4.78 is 72.5. The first kappa shape index (κ1) is 67.8. The summed E-state index contributed by atoms with van der Waals surface area (Å²) in [5.74, 6) is 0. The molecule has 73 heavy (non-hydrogen) atoms. The van der Waals surface area contributed by atoms with E-state index < -0.39 is 32.9 Å². The van der Waals surface area contributed by atoms with Gasteiger partial charge >= 0.3 is 37.7 Å². The molecule has 2 atom stereocenters. The van der Waals surface area contributed by atoms with E-state index >= 15 is 0 Å². The van der Waals surface area contributed by atoms with E-state index in [1.165, 1.54) is 244 Å². The molecule has 0 bridgehead atoms. The van der Waals surface area contributed by atoms with E-state index in [0.29, 0.717) is 24.2 Å². The number of hydrogen-bond donors (Lipinski definition) is 2. The molecule has 2 heterocycles. The van der Waals surface area contributed by atoms with Gasteiger partial charge in [-0.3, -0.25) is 8.61 Å². The average molecular weight is 1080 g/mol. The van der Waals surface area contributed by atoms with Gasteiger partial charge in [-0.05, 0) is 49.9 Å². The molecule has 0 spiro atoms. The van der Waals surface area contributed by atoms with Crippen LogP contribution in [0, 0.1) is 0 Å². The summed E-state index contributed by atoms with van der Waals surface area (Å²) in [5, 5.41) is 6.40. The third-order valence-corrected chi connectivity index (χ3v) is 17.0. The number of hydrogen-bond acceptors (Lipinski definition) is 8. The molecule has 2 N–H and O–H groups in total. The second kappa shape index (κ2) is 43.7. The standard InChI is InChI=1S/2C30H54N2O3S.Ca/c2*1-2-3-4-5-6-7-8-9-10-11-12-13-14-15-16-17-18-19-20-21-22-27-30-31-28-25-23-24-26-29(28)32(30)36(33,34)35;/h2*23-26,30-31H,2-22,27H2,1H3,(H,33,34,35);/q;;+2/p-2. The molecule has 0 amide bonds. The summed E-state index contributed by atoms with van der Waals surface area (Å²) in [7, 11) is -9.04. The van der Waals surface area contributed by atoms with Crippen LogP contribution in [0.15, 0.2) is 48.5 Å². The number of anilines is 4. The van der Waals surface area contributed by atoms with Crippen molar-refractivity contribution in [2.75, 3.05) is 19.2 Å². The van der Waals surface area contributed by atoms with E-state index in [1.54, 1.807) is 24.3 Å². The quantitative estimate of drug-likeness (QED) is 0.0379. The van der Waals surface area contributed by atoms with Gasteiger partial charge in [-0.1, -0.05) is 295 Å². The second-order valence-electron chi connectivity index (χ2n) is 21.6. The van der Waals surface area contributed by atoms with Crippen LogP contribution >= 0.6 is 0 Å². The first-order chi connectivity index (χ1) is 35.1. The summed E-state index contributed by atoms with van der Waals surface area (Å²) in [6, 6.07) is 14.3. The number of fused-ring (bicyclic) bond motifs is 2. The Balaban J connectivity index is 0.000000493. The van der Waals surface area contributed by atoms with E-state index in [0.717, 1.165) is 45.7 Å². The van der Waals surface area contributed by atoms with Crippen molar-refractivity contribution in [2.45, 2.75) is 309 Å². The number of nitrogens with zero attached hydrogens (tertiary/aromatic N) is 2. The maximum Gasteiger partial charge on any atom is 2.00 e. The van der Waals surface area contributed by atoms with Gasteiger partial charge in [0, 0.05) is 0 Å². The Morgan fingerprint density at radius 2 is 0.534 bits per heavy atom. The molecule has 13 heteroatoms. The fraction of sp³-hybridized carbons (Fsp3) is 0.800. The molecule has 2 unspecified atom stereocenters. The molecule has 0 fully saturated rings. The van der Waals surface area contributed by atoms with Crippen LogP contribution in [-0.4, -0.2) is 76.0 Å². The molecule has 416 valence electrons. The van der Waals surface area contributed by atoms with Crippen molar-refractivity contribution in [1.82, 2.24) is 0 Å². The van der Waals surface area contributed by atoms with Crippen LogP contribution in [0.5, 0.6) is 0 Å². The number of nitrogens with one attached hydrogen (secondary N) is 2. The largest absolute Gasteiger partial charge is 2.00 e. The van der Waals surface area contributed by atoms with Gasteiger partial charge in [0.25, 0.3) is 0 Å². The predicted octanol–water partition coefficient (Wildman–Crippen LogP) is 18.2. The summed E-state index contributed by atoms with van der Waals surface area (Å²) in [6.07, 6.45) is 57.0. The van der Waals surface area contributed by atoms with Gasteiger partial charge in [0.05, 0.1) is 22.7 Å². The van der Waals surface area contributed by atoms with Gasteiger partial charge in [0.2, 0.25) is 0 Å². The zero-order valence-electron chi connectivity index (χ0n) is 46.8. The van der Waals surface area contributed by atoms with Crippen LogP contribution in [0.3, 0.4) is 0 Å². The normalized spacial score (nSPS) is 15.1. The predicted molar refractivity (Wildman–Crippen MR) is 312 cm³/mol. The Labute approximate surface area is 479 Å². The number of benzene rings is 2. The van der Waals surface area contributed by atoms with Crippen LogP contribution in [0.1, 0.15) is 296 Å². The minimum atomic E-state index is -4.52. The molecule has 4 rings (SSSR count). The van der Waals surface area contributed by atoms with Crippen molar-refractivity contribution in [3.05, 3.63) is 48.5 Å². The van der Waals surface area contributed by atoms with Crippen LogP contribution in [0.2, 0.25) is 0 Å². The molecule has 2 aliphatic rings. The molecule has 10 nitrogen and oxygen atoms in total. The third kappa shape index (κ3) is 31.7. The smallest absolute Gasteiger partial charge is 0.731 e. The van der Waals surface area contributed by atoms with Crippen molar-refractivity contribution < 1.29 is 25.9 Å². The zero-order valence-corrected chi connectivity index (χ0v) is 50.6. The fourth-order valence-corrected chi connectivity index (χ4v) is 12.6. The topological polar surface area (TPSA) is 145 Å². The van der Waals surface area contributed by atoms with Gasteiger partial charge in [-0.25, -0.2) is 16.8 Å². The second-order valence-corrected chi connectivity index (χ2v) is 24.1. The van der Waals surface area contributed by atoms with E-state index in [9.17, 15) is 25.9 Å². The summed E-state index contributed by atoms with van der Waals surface area (Å²) >= 11 is 0. The number of rotatable bonds is 46. The van der Waals surface area contributed by atoms with Crippen molar-refractivity contribution >= 4 is 81.1 Å². The number of unbranched alkanes of at least 4 members (excludes halogenated alkanes) is 40. The Hall–Kier alpha value is -1.28. The van der Waals surface area contributed by atoms with Crippen LogP contribution in [0.4, 0.5) is 22.7 Å². The Kier molecular flexibility index (Phi) is 40.6. The molecule has 0 radical (unpaired) electrons. The molecular weight excluding hydrogens is 977 g/mol. The van der Waals surface area contributed by atoms with Crippen molar-refractivity contribution in [3.8, 4) is 0 Å². The van der Waals surface area contributed by atoms with Gasteiger partial charge in [0.1, 0.15) is 12.3 Å². The minimum absolute atomic E-state index is 0.